The molecule has 1 spiro atoms. The van der Waals surface area contributed by atoms with Gasteiger partial charge in [-0.3, -0.25) is 4.90 Å². The standard InChI is InChI=1S/C12H15NO5/c14-11(15)10-9(1-4-16-10)7-13-3-2-12(8-13)17-5-6-18-12/h1,4H,2-3,5-8H2,(H,14,15). The van der Waals surface area contributed by atoms with E-state index in [4.69, 9.17) is 19.0 Å². The number of likely N-dealkylation sites (tertiary alicyclic amines) is 1. The van der Waals surface area contributed by atoms with Gasteiger partial charge in [0.1, 0.15) is 0 Å². The van der Waals surface area contributed by atoms with Gasteiger partial charge in [0.05, 0.1) is 26.0 Å². The van der Waals surface area contributed by atoms with Gasteiger partial charge < -0.3 is 19.0 Å². The molecule has 2 fully saturated rings. The van der Waals surface area contributed by atoms with Crippen molar-refractivity contribution in [3.8, 4) is 0 Å². The predicted molar refractivity (Wildman–Crippen MR) is 60.2 cm³/mol. The number of furan rings is 1. The zero-order valence-corrected chi connectivity index (χ0v) is 9.92. The fourth-order valence-corrected chi connectivity index (χ4v) is 2.58. The summed E-state index contributed by atoms with van der Waals surface area (Å²) in [5, 5.41) is 8.97. The Morgan fingerprint density at radius 1 is 1.44 bits per heavy atom. The third kappa shape index (κ3) is 2.03. The summed E-state index contributed by atoms with van der Waals surface area (Å²) in [6, 6.07) is 1.70. The maximum absolute atomic E-state index is 10.9. The molecule has 0 atom stereocenters. The minimum atomic E-state index is -1.03. The Bertz CT molecular complexity index is 449. The van der Waals surface area contributed by atoms with Crippen molar-refractivity contribution >= 4 is 5.97 Å². The second-order valence-corrected chi connectivity index (χ2v) is 4.65. The van der Waals surface area contributed by atoms with E-state index in [0.29, 0.717) is 31.9 Å². The lowest BCUT2D eigenvalue weighted by Crippen LogP contribution is -2.34. The zero-order chi connectivity index (χ0) is 12.6. The zero-order valence-electron chi connectivity index (χ0n) is 9.92. The maximum Gasteiger partial charge on any atom is 0.372 e. The van der Waals surface area contributed by atoms with Gasteiger partial charge in [-0.05, 0) is 6.07 Å². The highest BCUT2D eigenvalue weighted by molar-refractivity contribution is 5.86. The second-order valence-electron chi connectivity index (χ2n) is 4.65. The molecule has 3 rings (SSSR count). The van der Waals surface area contributed by atoms with Gasteiger partial charge >= 0.3 is 5.97 Å². The number of carboxylic acids is 1. The van der Waals surface area contributed by atoms with Gasteiger partial charge in [-0.15, -0.1) is 0 Å². The fourth-order valence-electron chi connectivity index (χ4n) is 2.58. The van der Waals surface area contributed by atoms with Crippen molar-refractivity contribution in [2.75, 3.05) is 26.3 Å². The van der Waals surface area contributed by atoms with E-state index < -0.39 is 11.8 Å². The average Bonchev–Trinajstić information content (AvgIpc) is 3.03. The summed E-state index contributed by atoms with van der Waals surface area (Å²) in [6.07, 6.45) is 2.24. The lowest BCUT2D eigenvalue weighted by atomic mass is 10.2. The van der Waals surface area contributed by atoms with E-state index in [1.165, 1.54) is 6.26 Å². The highest BCUT2D eigenvalue weighted by atomic mass is 16.7. The van der Waals surface area contributed by atoms with Gasteiger partial charge in [-0.2, -0.15) is 0 Å². The Labute approximate surface area is 104 Å². The van der Waals surface area contributed by atoms with Crippen LogP contribution in [0.15, 0.2) is 16.7 Å². The van der Waals surface area contributed by atoms with Crippen LogP contribution in [0.25, 0.3) is 0 Å². The number of hydrogen-bond acceptors (Lipinski definition) is 5. The first-order valence-electron chi connectivity index (χ1n) is 5.98. The van der Waals surface area contributed by atoms with Crippen LogP contribution in [0.3, 0.4) is 0 Å². The predicted octanol–water partition coefficient (Wildman–Crippen LogP) is 0.927. The van der Waals surface area contributed by atoms with Crippen LogP contribution < -0.4 is 0 Å². The summed E-state index contributed by atoms with van der Waals surface area (Å²) in [5.74, 6) is -1.48. The summed E-state index contributed by atoms with van der Waals surface area (Å²) in [6.45, 7) is 3.34. The maximum atomic E-state index is 10.9. The van der Waals surface area contributed by atoms with Crippen molar-refractivity contribution in [1.82, 2.24) is 4.90 Å². The van der Waals surface area contributed by atoms with E-state index in [-0.39, 0.29) is 5.76 Å². The van der Waals surface area contributed by atoms with Crippen LogP contribution in [-0.2, 0) is 16.0 Å². The molecule has 0 aliphatic carbocycles. The van der Waals surface area contributed by atoms with Crippen molar-refractivity contribution in [2.45, 2.75) is 18.8 Å². The average molecular weight is 253 g/mol. The van der Waals surface area contributed by atoms with Gasteiger partial charge in [0.25, 0.3) is 0 Å². The van der Waals surface area contributed by atoms with Crippen LogP contribution in [-0.4, -0.2) is 48.1 Å². The molecule has 0 amide bonds. The molecule has 6 nitrogen and oxygen atoms in total. The molecule has 1 aromatic heterocycles. The normalized spacial score (nSPS) is 22.9. The van der Waals surface area contributed by atoms with E-state index >= 15 is 0 Å². The third-order valence-corrected chi connectivity index (χ3v) is 3.42. The quantitative estimate of drug-likeness (QED) is 0.863. The molecular weight excluding hydrogens is 238 g/mol. The summed E-state index contributed by atoms with van der Waals surface area (Å²) < 4.78 is 16.2. The first-order chi connectivity index (χ1) is 8.69. The van der Waals surface area contributed by atoms with Crippen LogP contribution in [0.4, 0.5) is 0 Å². The van der Waals surface area contributed by atoms with Gasteiger partial charge in [0, 0.05) is 25.1 Å². The van der Waals surface area contributed by atoms with Crippen LogP contribution >= 0.6 is 0 Å². The molecule has 0 unspecified atom stereocenters. The number of ether oxygens (including phenoxy) is 2. The SMILES string of the molecule is O=C(O)c1occc1CN1CCC2(C1)OCCO2. The first kappa shape index (κ1) is 11.7. The van der Waals surface area contributed by atoms with E-state index in [9.17, 15) is 4.79 Å². The third-order valence-electron chi connectivity index (χ3n) is 3.42. The summed E-state index contributed by atoms with van der Waals surface area (Å²) in [5.41, 5.74) is 0.692. The number of aromatic carboxylic acids is 1. The van der Waals surface area contributed by atoms with Crippen molar-refractivity contribution in [3.63, 3.8) is 0 Å². The highest BCUT2D eigenvalue weighted by Crippen LogP contribution is 2.31. The van der Waals surface area contributed by atoms with Crippen LogP contribution in [0.1, 0.15) is 22.5 Å². The first-order valence-corrected chi connectivity index (χ1v) is 5.98. The smallest absolute Gasteiger partial charge is 0.372 e. The van der Waals surface area contributed by atoms with Crippen molar-refractivity contribution in [1.29, 1.82) is 0 Å². The Morgan fingerprint density at radius 3 is 2.94 bits per heavy atom. The van der Waals surface area contributed by atoms with Crippen molar-refractivity contribution in [3.05, 3.63) is 23.7 Å². The monoisotopic (exact) mass is 253 g/mol. The summed E-state index contributed by atoms with van der Waals surface area (Å²) in [4.78, 5) is 13.1. The summed E-state index contributed by atoms with van der Waals surface area (Å²) in [7, 11) is 0. The molecule has 3 heterocycles. The Kier molecular flexibility index (Phi) is 2.85. The topological polar surface area (TPSA) is 72.1 Å². The lowest BCUT2D eigenvalue weighted by molar-refractivity contribution is -0.145. The molecule has 0 bridgehead atoms. The molecule has 0 saturated carbocycles. The van der Waals surface area contributed by atoms with Crippen molar-refractivity contribution < 1.29 is 23.8 Å². The molecule has 0 aromatic carbocycles. The van der Waals surface area contributed by atoms with Gasteiger partial charge in [-0.25, -0.2) is 4.79 Å². The molecule has 18 heavy (non-hydrogen) atoms. The van der Waals surface area contributed by atoms with Gasteiger partial charge in [0.2, 0.25) is 5.76 Å². The fraction of sp³-hybridized carbons (Fsp3) is 0.583. The molecule has 98 valence electrons. The highest BCUT2D eigenvalue weighted by Gasteiger charge is 2.43. The number of nitrogens with zero attached hydrogens (tertiary/aromatic N) is 1. The van der Waals surface area contributed by atoms with Gasteiger partial charge in [-0.1, -0.05) is 0 Å². The van der Waals surface area contributed by atoms with Crippen LogP contribution in [0.5, 0.6) is 0 Å². The van der Waals surface area contributed by atoms with Crippen LogP contribution in [0.2, 0.25) is 0 Å². The van der Waals surface area contributed by atoms with E-state index in [1.54, 1.807) is 6.07 Å². The molecule has 2 aliphatic rings. The molecule has 2 aliphatic heterocycles. The molecule has 1 aromatic rings. The number of carboxylic acid groups (broad SMARTS) is 1. The lowest BCUT2D eigenvalue weighted by Gasteiger charge is -2.22. The molecular formula is C12H15NO5. The molecule has 6 heteroatoms. The Hall–Kier alpha value is -1.37. The molecule has 1 N–H and O–H groups in total. The molecule has 0 radical (unpaired) electrons. The van der Waals surface area contributed by atoms with E-state index in [2.05, 4.69) is 4.90 Å². The minimum absolute atomic E-state index is 0.0178. The largest absolute Gasteiger partial charge is 0.475 e. The molecule has 2 saturated heterocycles. The van der Waals surface area contributed by atoms with Crippen LogP contribution in [0, 0.1) is 0 Å². The second kappa shape index (κ2) is 4.38. The Morgan fingerprint density at radius 2 is 2.22 bits per heavy atom. The van der Waals surface area contributed by atoms with Crippen molar-refractivity contribution in [2.24, 2.45) is 0 Å². The van der Waals surface area contributed by atoms with E-state index in [1.807, 2.05) is 0 Å². The minimum Gasteiger partial charge on any atom is -0.475 e. The van der Waals surface area contributed by atoms with E-state index in [0.717, 1.165) is 13.0 Å². The van der Waals surface area contributed by atoms with Gasteiger partial charge in [0.15, 0.2) is 5.79 Å². The number of rotatable bonds is 3. The Balaban J connectivity index is 1.67. The summed E-state index contributed by atoms with van der Waals surface area (Å²) >= 11 is 0. The number of hydrogen-bond donors (Lipinski definition) is 1. The number of carbonyl (C=O) groups is 1.